The Balaban J connectivity index is 1.53. The average Bonchev–Trinajstić information content (AvgIpc) is 2.86. The summed E-state index contributed by atoms with van der Waals surface area (Å²) in [6, 6.07) is 22.5. The molecular weight excluding hydrogens is 474 g/mol. The number of phenolic OH excluding ortho intramolecular Hbond substituents is 1. The predicted octanol–water partition coefficient (Wildman–Crippen LogP) is 7.89. The van der Waals surface area contributed by atoms with Crippen LogP contribution in [0, 0.1) is 0 Å². The van der Waals surface area contributed by atoms with Crippen molar-refractivity contribution in [2.24, 2.45) is 0 Å². The van der Waals surface area contributed by atoms with E-state index in [9.17, 15) is 9.90 Å². The van der Waals surface area contributed by atoms with Gasteiger partial charge in [0.25, 0.3) is 0 Å². The normalized spacial score (nSPS) is 12.3. The maximum absolute atomic E-state index is 13.1. The van der Waals surface area contributed by atoms with Crippen LogP contribution in [0.1, 0.15) is 58.4 Å². The van der Waals surface area contributed by atoms with Crippen LogP contribution in [0.25, 0.3) is 33.2 Å². The summed E-state index contributed by atoms with van der Waals surface area (Å²) >= 11 is 0. The molecule has 0 spiro atoms. The van der Waals surface area contributed by atoms with Crippen molar-refractivity contribution in [3.05, 3.63) is 99.8 Å². The van der Waals surface area contributed by atoms with Crippen LogP contribution in [0.3, 0.4) is 0 Å². The number of para-hydroxylation sites is 1. The van der Waals surface area contributed by atoms with Gasteiger partial charge in [-0.05, 0) is 47.2 Å². The Bertz CT molecular complexity index is 1680. The number of nitrogens with zero attached hydrogens (tertiary/aromatic N) is 1. The Kier molecular flexibility index (Phi) is 6.26. The van der Waals surface area contributed by atoms with Crippen molar-refractivity contribution < 1.29 is 14.3 Å². The summed E-state index contributed by atoms with van der Waals surface area (Å²) in [6.45, 7) is 12.6. The van der Waals surface area contributed by atoms with Crippen molar-refractivity contribution in [1.29, 1.82) is 0 Å². The summed E-state index contributed by atoms with van der Waals surface area (Å²) in [5.41, 5.74) is 3.82. The highest BCUT2D eigenvalue weighted by Gasteiger charge is 2.27. The highest BCUT2D eigenvalue weighted by Crippen LogP contribution is 2.42. The molecule has 0 fully saturated rings. The Labute approximate surface area is 222 Å². The molecule has 38 heavy (non-hydrogen) atoms. The van der Waals surface area contributed by atoms with Crippen LogP contribution < -0.4 is 10.2 Å². The molecule has 2 aromatic heterocycles. The minimum atomic E-state index is -0.297. The molecule has 5 heteroatoms. The Morgan fingerprint density at radius 3 is 2.21 bits per heavy atom. The quantitative estimate of drug-likeness (QED) is 0.268. The van der Waals surface area contributed by atoms with E-state index in [1.54, 1.807) is 18.2 Å². The third kappa shape index (κ3) is 5.01. The maximum atomic E-state index is 13.1. The van der Waals surface area contributed by atoms with E-state index in [0.717, 1.165) is 33.3 Å². The lowest BCUT2D eigenvalue weighted by Crippen LogP contribution is -2.17. The molecule has 0 saturated heterocycles. The lowest BCUT2D eigenvalue weighted by Gasteiger charge is -2.28. The summed E-state index contributed by atoms with van der Waals surface area (Å²) in [4.78, 5) is 17.7. The van der Waals surface area contributed by atoms with Crippen LogP contribution in [-0.2, 0) is 17.4 Å². The molecule has 5 rings (SSSR count). The molecule has 0 saturated carbocycles. The van der Waals surface area contributed by atoms with Crippen LogP contribution >= 0.6 is 0 Å². The first-order valence-electron chi connectivity index (χ1n) is 12.8. The second-order valence-corrected chi connectivity index (χ2v) is 11.8. The van der Waals surface area contributed by atoms with E-state index in [-0.39, 0.29) is 22.0 Å². The van der Waals surface area contributed by atoms with Crippen molar-refractivity contribution in [1.82, 2.24) is 4.98 Å². The molecule has 1 N–H and O–H groups in total. The van der Waals surface area contributed by atoms with Crippen LogP contribution in [0.15, 0.2) is 82.0 Å². The van der Waals surface area contributed by atoms with Gasteiger partial charge in [0, 0.05) is 34.2 Å². The molecule has 3 aromatic carbocycles. The molecule has 0 amide bonds. The number of aromatic nitrogens is 1. The van der Waals surface area contributed by atoms with E-state index in [4.69, 9.17) is 9.15 Å². The minimum Gasteiger partial charge on any atom is -0.507 e. The first-order chi connectivity index (χ1) is 17.9. The molecule has 0 atom stereocenters. The van der Waals surface area contributed by atoms with E-state index < -0.39 is 0 Å². The molecule has 5 aromatic rings. The summed E-state index contributed by atoms with van der Waals surface area (Å²) in [7, 11) is 0. The molecule has 194 valence electrons. The molecule has 2 heterocycles. The van der Waals surface area contributed by atoms with Crippen LogP contribution in [0.2, 0.25) is 0 Å². The topological polar surface area (TPSA) is 72.6 Å². The number of aromatic hydroxyl groups is 1. The highest BCUT2D eigenvalue weighted by molar-refractivity contribution is 5.81. The molecule has 0 aliphatic rings. The van der Waals surface area contributed by atoms with Gasteiger partial charge >= 0.3 is 0 Å². The molecule has 0 aliphatic carbocycles. The first-order valence-corrected chi connectivity index (χ1v) is 12.8. The number of ether oxygens (including phenoxy) is 1. The van der Waals surface area contributed by atoms with Gasteiger partial charge < -0.3 is 14.3 Å². The molecule has 5 nitrogen and oxygen atoms in total. The summed E-state index contributed by atoms with van der Waals surface area (Å²) < 4.78 is 12.3. The van der Waals surface area contributed by atoms with Gasteiger partial charge in [0.2, 0.25) is 0 Å². The summed E-state index contributed by atoms with van der Waals surface area (Å²) in [6.07, 6.45) is 0. The number of benzene rings is 3. The lowest BCUT2D eigenvalue weighted by atomic mass is 9.78. The molecule has 0 bridgehead atoms. The van der Waals surface area contributed by atoms with Crippen molar-refractivity contribution in [2.45, 2.75) is 59.0 Å². The molecule has 0 radical (unpaired) electrons. The smallest absolute Gasteiger partial charge is 0.193 e. The van der Waals surface area contributed by atoms with E-state index in [0.29, 0.717) is 29.1 Å². The van der Waals surface area contributed by atoms with Gasteiger partial charge in [-0.25, -0.2) is 4.98 Å². The van der Waals surface area contributed by atoms with Gasteiger partial charge in [-0.2, -0.15) is 0 Å². The van der Waals surface area contributed by atoms with Crippen molar-refractivity contribution in [2.75, 3.05) is 0 Å². The Hall–Kier alpha value is -4.12. The summed E-state index contributed by atoms with van der Waals surface area (Å²) in [5.74, 6) is 1.32. The maximum Gasteiger partial charge on any atom is 0.193 e. The lowest BCUT2D eigenvalue weighted by molar-refractivity contribution is 0.302. The Morgan fingerprint density at radius 2 is 1.53 bits per heavy atom. The SMILES string of the molecule is CC(C)(C)c1cc(-c2cc(=O)c3ccc(OCc4ccc5ccccc5n4)cc3o2)cc(C(C)(C)C)c1O. The monoisotopic (exact) mass is 507 g/mol. The van der Waals surface area contributed by atoms with E-state index in [2.05, 4.69) is 46.5 Å². The van der Waals surface area contributed by atoms with E-state index >= 15 is 0 Å². The number of rotatable bonds is 4. The standard InChI is InChI=1S/C33H33NO4/c1-32(2,3)25-15-21(16-26(31(25)36)33(4,5)6)29-18-28(35)24-14-13-23(17-30(24)38-29)37-19-22-12-11-20-9-7-8-10-27(20)34-22/h7-18,36H,19H2,1-6H3. The van der Waals surface area contributed by atoms with Crippen molar-refractivity contribution in [3.8, 4) is 22.8 Å². The molecule has 0 aliphatic heterocycles. The minimum absolute atomic E-state index is 0.133. The zero-order valence-electron chi connectivity index (χ0n) is 22.8. The highest BCUT2D eigenvalue weighted by atomic mass is 16.5. The number of hydrogen-bond acceptors (Lipinski definition) is 5. The fourth-order valence-electron chi connectivity index (χ4n) is 4.63. The van der Waals surface area contributed by atoms with Gasteiger partial charge in [0.05, 0.1) is 16.6 Å². The van der Waals surface area contributed by atoms with Crippen molar-refractivity contribution in [3.63, 3.8) is 0 Å². The average molecular weight is 508 g/mol. The predicted molar refractivity (Wildman–Crippen MR) is 153 cm³/mol. The van der Waals surface area contributed by atoms with E-state index in [1.165, 1.54) is 6.07 Å². The number of fused-ring (bicyclic) bond motifs is 2. The number of pyridine rings is 1. The first kappa shape index (κ1) is 25.5. The van der Waals surface area contributed by atoms with Crippen LogP contribution in [0.5, 0.6) is 11.5 Å². The third-order valence-corrected chi connectivity index (χ3v) is 6.75. The number of phenols is 1. The van der Waals surface area contributed by atoms with Gasteiger partial charge in [-0.3, -0.25) is 4.79 Å². The molecule has 0 unspecified atom stereocenters. The largest absolute Gasteiger partial charge is 0.507 e. The van der Waals surface area contributed by atoms with Gasteiger partial charge in [0.1, 0.15) is 29.4 Å². The number of hydrogen-bond donors (Lipinski definition) is 1. The van der Waals surface area contributed by atoms with E-state index in [1.807, 2.05) is 48.5 Å². The summed E-state index contributed by atoms with van der Waals surface area (Å²) in [5, 5.41) is 12.7. The van der Waals surface area contributed by atoms with Gasteiger partial charge in [-0.1, -0.05) is 65.8 Å². The van der Waals surface area contributed by atoms with Gasteiger partial charge in [-0.15, -0.1) is 0 Å². The van der Waals surface area contributed by atoms with Crippen LogP contribution in [0.4, 0.5) is 0 Å². The molecular formula is C33H33NO4. The van der Waals surface area contributed by atoms with Gasteiger partial charge in [0.15, 0.2) is 5.43 Å². The van der Waals surface area contributed by atoms with Crippen molar-refractivity contribution >= 4 is 21.9 Å². The second kappa shape index (κ2) is 9.32. The zero-order chi connectivity index (χ0) is 27.2. The third-order valence-electron chi connectivity index (χ3n) is 6.75. The van der Waals surface area contributed by atoms with Crippen LogP contribution in [-0.4, -0.2) is 10.1 Å². The fourth-order valence-corrected chi connectivity index (χ4v) is 4.63. The zero-order valence-corrected chi connectivity index (χ0v) is 22.8. The second-order valence-electron chi connectivity index (χ2n) is 11.8. The fraction of sp³-hybridized carbons (Fsp3) is 0.273. The Morgan fingerprint density at radius 1 is 0.842 bits per heavy atom.